The van der Waals surface area contributed by atoms with Crippen molar-refractivity contribution in [2.24, 2.45) is 0 Å². The Morgan fingerprint density at radius 2 is 2.05 bits per heavy atom. The van der Waals surface area contributed by atoms with Gasteiger partial charge in [0.05, 0.1) is 0 Å². The van der Waals surface area contributed by atoms with E-state index >= 15 is 0 Å². The van der Waals surface area contributed by atoms with Crippen LogP contribution < -0.4 is 5.32 Å². The molecular formula is C15H24N2O2. The molecule has 4 nitrogen and oxygen atoms in total. The standard InChI is InChI=1S/C10H14N2.C5H10O2/c1-7-10(2,3)8-6-11-5-4-9(8)12-7;1-5(2,3)7-4-6/h4-7,12H,1-3H3;4H,1-3H3. The van der Waals surface area contributed by atoms with Crippen LogP contribution in [-0.4, -0.2) is 23.1 Å². The van der Waals surface area contributed by atoms with Gasteiger partial charge in [-0.3, -0.25) is 9.78 Å². The van der Waals surface area contributed by atoms with Crippen LogP contribution in [-0.2, 0) is 14.9 Å². The van der Waals surface area contributed by atoms with Gasteiger partial charge in [0.25, 0.3) is 6.47 Å². The number of carbonyl (C=O) groups is 1. The molecule has 1 unspecified atom stereocenters. The third-order valence-electron chi connectivity index (χ3n) is 3.37. The highest BCUT2D eigenvalue weighted by molar-refractivity contribution is 5.59. The molecular weight excluding hydrogens is 240 g/mol. The van der Waals surface area contributed by atoms with Crippen LogP contribution in [0.3, 0.4) is 0 Å². The minimum atomic E-state index is -0.318. The Labute approximate surface area is 115 Å². The Morgan fingerprint density at radius 3 is 2.47 bits per heavy atom. The summed E-state index contributed by atoms with van der Waals surface area (Å²) in [5.41, 5.74) is 2.46. The number of hydrogen-bond acceptors (Lipinski definition) is 4. The second-order valence-corrected chi connectivity index (χ2v) is 6.34. The third kappa shape index (κ3) is 3.94. The fourth-order valence-electron chi connectivity index (χ4n) is 1.83. The van der Waals surface area contributed by atoms with Gasteiger partial charge < -0.3 is 10.1 Å². The Balaban J connectivity index is 0.000000224. The predicted octanol–water partition coefficient (Wildman–Crippen LogP) is 3.13. The van der Waals surface area contributed by atoms with Crippen molar-refractivity contribution in [3.63, 3.8) is 0 Å². The summed E-state index contributed by atoms with van der Waals surface area (Å²) in [4.78, 5) is 13.7. The first-order valence-electron chi connectivity index (χ1n) is 6.51. The van der Waals surface area contributed by atoms with Gasteiger partial charge in [0.15, 0.2) is 0 Å². The molecule has 1 N–H and O–H groups in total. The fraction of sp³-hybridized carbons (Fsp3) is 0.600. The van der Waals surface area contributed by atoms with Gasteiger partial charge in [-0.1, -0.05) is 13.8 Å². The van der Waals surface area contributed by atoms with E-state index in [9.17, 15) is 4.79 Å². The highest BCUT2D eigenvalue weighted by Gasteiger charge is 2.36. The normalized spacial score (nSPS) is 19.6. The summed E-state index contributed by atoms with van der Waals surface area (Å²) in [7, 11) is 0. The number of ether oxygens (including phenoxy) is 1. The summed E-state index contributed by atoms with van der Waals surface area (Å²) in [6.45, 7) is 12.6. The number of aromatic nitrogens is 1. The van der Waals surface area contributed by atoms with Crippen LogP contribution in [0.1, 0.15) is 47.1 Å². The van der Waals surface area contributed by atoms with Crippen molar-refractivity contribution < 1.29 is 9.53 Å². The first-order chi connectivity index (χ1) is 8.68. The van der Waals surface area contributed by atoms with Gasteiger partial charge in [-0.15, -0.1) is 0 Å². The number of fused-ring (bicyclic) bond motifs is 1. The summed E-state index contributed by atoms with van der Waals surface area (Å²) in [5.74, 6) is 0. The number of nitrogens with zero attached hydrogens (tertiary/aromatic N) is 1. The summed E-state index contributed by atoms with van der Waals surface area (Å²) < 4.78 is 4.55. The van der Waals surface area contributed by atoms with Crippen LogP contribution in [0.15, 0.2) is 18.5 Å². The van der Waals surface area contributed by atoms with Gasteiger partial charge in [-0.25, -0.2) is 0 Å². The molecule has 0 fully saturated rings. The summed E-state index contributed by atoms with van der Waals surface area (Å²) in [6.07, 6.45) is 3.80. The molecule has 0 aliphatic carbocycles. The van der Waals surface area contributed by atoms with E-state index in [-0.39, 0.29) is 11.0 Å². The van der Waals surface area contributed by atoms with Crippen molar-refractivity contribution in [1.29, 1.82) is 0 Å². The largest absolute Gasteiger partial charge is 0.462 e. The van der Waals surface area contributed by atoms with Gasteiger partial charge in [-0.05, 0) is 33.8 Å². The highest BCUT2D eigenvalue weighted by Crippen LogP contribution is 2.39. The first kappa shape index (κ1) is 15.5. The molecule has 0 saturated heterocycles. The lowest BCUT2D eigenvalue weighted by atomic mass is 9.82. The van der Waals surface area contributed by atoms with Crippen molar-refractivity contribution in [2.45, 2.75) is 58.6 Å². The molecule has 1 atom stereocenters. The van der Waals surface area contributed by atoms with E-state index in [1.54, 1.807) is 0 Å². The zero-order valence-corrected chi connectivity index (χ0v) is 12.7. The lowest BCUT2D eigenvalue weighted by molar-refractivity contribution is -0.138. The number of nitrogens with one attached hydrogen (secondary N) is 1. The minimum absolute atomic E-state index is 0.212. The molecule has 1 aromatic heterocycles. The molecule has 0 radical (unpaired) electrons. The molecule has 2 heterocycles. The summed E-state index contributed by atoms with van der Waals surface area (Å²) in [5, 5.41) is 3.45. The van der Waals surface area contributed by atoms with Crippen LogP contribution >= 0.6 is 0 Å². The average molecular weight is 264 g/mol. The Hall–Kier alpha value is -1.58. The van der Waals surface area contributed by atoms with E-state index in [4.69, 9.17) is 0 Å². The number of hydrogen-bond donors (Lipinski definition) is 1. The fourth-order valence-corrected chi connectivity index (χ4v) is 1.83. The smallest absolute Gasteiger partial charge is 0.293 e. The van der Waals surface area contributed by atoms with Gasteiger partial charge in [0, 0.05) is 35.1 Å². The molecule has 0 saturated carbocycles. The zero-order chi connectivity index (χ0) is 14.7. The summed E-state index contributed by atoms with van der Waals surface area (Å²) in [6, 6.07) is 2.54. The van der Waals surface area contributed by atoms with Crippen LogP contribution in [0.25, 0.3) is 0 Å². The molecule has 0 aromatic carbocycles. The van der Waals surface area contributed by atoms with Gasteiger partial charge in [0.1, 0.15) is 5.60 Å². The van der Waals surface area contributed by atoms with Gasteiger partial charge in [0.2, 0.25) is 0 Å². The lowest BCUT2D eigenvalue weighted by Gasteiger charge is -2.23. The van der Waals surface area contributed by atoms with Crippen molar-refractivity contribution in [2.75, 3.05) is 5.32 Å². The number of carbonyl (C=O) groups excluding carboxylic acids is 1. The minimum Gasteiger partial charge on any atom is -0.462 e. The average Bonchev–Trinajstić information content (AvgIpc) is 2.50. The molecule has 2 rings (SSSR count). The summed E-state index contributed by atoms with van der Waals surface area (Å²) >= 11 is 0. The van der Waals surface area contributed by atoms with E-state index in [1.807, 2.05) is 39.2 Å². The number of rotatable bonds is 1. The van der Waals surface area contributed by atoms with Crippen LogP contribution in [0.5, 0.6) is 0 Å². The Morgan fingerprint density at radius 1 is 1.42 bits per heavy atom. The topological polar surface area (TPSA) is 51.2 Å². The molecule has 0 bridgehead atoms. The van der Waals surface area contributed by atoms with E-state index in [0.29, 0.717) is 12.5 Å². The quantitative estimate of drug-likeness (QED) is 0.792. The molecule has 4 heteroatoms. The first-order valence-corrected chi connectivity index (χ1v) is 6.51. The second-order valence-electron chi connectivity index (χ2n) is 6.34. The maximum Gasteiger partial charge on any atom is 0.293 e. The maximum atomic E-state index is 9.60. The lowest BCUT2D eigenvalue weighted by Crippen LogP contribution is -2.29. The highest BCUT2D eigenvalue weighted by atomic mass is 16.5. The van der Waals surface area contributed by atoms with Crippen molar-refractivity contribution in [1.82, 2.24) is 4.98 Å². The molecule has 1 aromatic rings. The van der Waals surface area contributed by atoms with Crippen molar-refractivity contribution >= 4 is 12.2 Å². The van der Waals surface area contributed by atoms with Crippen molar-refractivity contribution in [3.05, 3.63) is 24.0 Å². The van der Waals surface area contributed by atoms with Crippen LogP contribution in [0.2, 0.25) is 0 Å². The molecule has 0 spiro atoms. The second kappa shape index (κ2) is 5.59. The predicted molar refractivity (Wildman–Crippen MR) is 77.2 cm³/mol. The molecule has 19 heavy (non-hydrogen) atoms. The Kier molecular flexibility index (Phi) is 4.56. The molecule has 0 amide bonds. The van der Waals surface area contributed by atoms with E-state index in [0.717, 1.165) is 0 Å². The maximum absolute atomic E-state index is 9.60. The molecule has 106 valence electrons. The van der Waals surface area contributed by atoms with Crippen molar-refractivity contribution in [3.8, 4) is 0 Å². The van der Waals surface area contributed by atoms with E-state index in [2.05, 4.69) is 35.8 Å². The third-order valence-corrected chi connectivity index (χ3v) is 3.37. The van der Waals surface area contributed by atoms with Gasteiger partial charge in [-0.2, -0.15) is 0 Å². The monoisotopic (exact) mass is 264 g/mol. The van der Waals surface area contributed by atoms with Crippen LogP contribution in [0, 0.1) is 0 Å². The van der Waals surface area contributed by atoms with E-state index in [1.165, 1.54) is 11.3 Å². The zero-order valence-electron chi connectivity index (χ0n) is 12.7. The SMILES string of the molecule is CC(C)(C)OC=O.CC1Nc2ccncc2C1(C)C. The van der Waals surface area contributed by atoms with Gasteiger partial charge >= 0.3 is 0 Å². The number of anilines is 1. The molecule has 1 aliphatic rings. The Bertz CT molecular complexity index is 436. The van der Waals surface area contributed by atoms with E-state index < -0.39 is 0 Å². The number of pyridine rings is 1. The molecule has 1 aliphatic heterocycles. The van der Waals surface area contributed by atoms with Crippen LogP contribution in [0.4, 0.5) is 5.69 Å².